The monoisotopic (exact) mass is 243 g/mol. The second-order valence-corrected chi connectivity index (χ2v) is 4.45. The van der Waals surface area contributed by atoms with E-state index in [1.54, 1.807) is 0 Å². The Hall–Kier alpha value is -1.77. The molecule has 0 unspecified atom stereocenters. The van der Waals surface area contributed by atoms with Crippen molar-refractivity contribution in [1.82, 2.24) is 9.78 Å². The fraction of sp³-hybridized carbons (Fsp3) is 0.400. The maximum Gasteiger partial charge on any atom is 0.0575 e. The summed E-state index contributed by atoms with van der Waals surface area (Å²) >= 11 is 0. The molecule has 2 rings (SSSR count). The van der Waals surface area contributed by atoms with Crippen LogP contribution in [0.15, 0.2) is 36.5 Å². The van der Waals surface area contributed by atoms with Crippen molar-refractivity contribution in [2.24, 2.45) is 0 Å². The SMILES string of the molecule is CCCn1nccc1CNc1cccc(CC)c1. The van der Waals surface area contributed by atoms with Gasteiger partial charge in [0.05, 0.1) is 12.2 Å². The van der Waals surface area contributed by atoms with Crippen LogP contribution in [0.3, 0.4) is 0 Å². The maximum atomic E-state index is 4.33. The van der Waals surface area contributed by atoms with E-state index in [9.17, 15) is 0 Å². The Balaban J connectivity index is 1.99. The lowest BCUT2D eigenvalue weighted by Crippen LogP contribution is -2.08. The number of aryl methyl sites for hydroxylation is 2. The van der Waals surface area contributed by atoms with E-state index >= 15 is 0 Å². The largest absolute Gasteiger partial charge is 0.379 e. The zero-order valence-corrected chi connectivity index (χ0v) is 11.2. The summed E-state index contributed by atoms with van der Waals surface area (Å²) < 4.78 is 2.07. The normalized spacial score (nSPS) is 10.6. The Labute approximate surface area is 109 Å². The fourth-order valence-corrected chi connectivity index (χ4v) is 2.02. The van der Waals surface area contributed by atoms with Crippen LogP contribution in [-0.4, -0.2) is 9.78 Å². The quantitative estimate of drug-likeness (QED) is 0.842. The van der Waals surface area contributed by atoms with Crippen molar-refractivity contribution in [1.29, 1.82) is 0 Å². The molecule has 0 atom stereocenters. The van der Waals surface area contributed by atoms with Crippen LogP contribution in [0, 0.1) is 0 Å². The van der Waals surface area contributed by atoms with Gasteiger partial charge in [-0.3, -0.25) is 4.68 Å². The Kier molecular flexibility index (Phi) is 4.40. The molecule has 3 heteroatoms. The van der Waals surface area contributed by atoms with Gasteiger partial charge in [-0.15, -0.1) is 0 Å². The van der Waals surface area contributed by atoms with Gasteiger partial charge in [0.25, 0.3) is 0 Å². The van der Waals surface area contributed by atoms with Crippen LogP contribution in [0.2, 0.25) is 0 Å². The molecule has 0 aliphatic heterocycles. The van der Waals surface area contributed by atoms with Crippen LogP contribution >= 0.6 is 0 Å². The second kappa shape index (κ2) is 6.24. The first-order valence-electron chi connectivity index (χ1n) is 6.67. The van der Waals surface area contributed by atoms with Crippen LogP contribution in [0.5, 0.6) is 0 Å². The maximum absolute atomic E-state index is 4.33. The molecule has 0 saturated carbocycles. The molecule has 1 aromatic carbocycles. The molecule has 18 heavy (non-hydrogen) atoms. The number of hydrogen-bond donors (Lipinski definition) is 1. The Morgan fingerprint density at radius 3 is 2.89 bits per heavy atom. The number of rotatable bonds is 6. The first-order valence-corrected chi connectivity index (χ1v) is 6.67. The van der Waals surface area contributed by atoms with E-state index in [4.69, 9.17) is 0 Å². The molecule has 0 radical (unpaired) electrons. The Morgan fingerprint density at radius 2 is 2.11 bits per heavy atom. The van der Waals surface area contributed by atoms with Gasteiger partial charge in [-0.25, -0.2) is 0 Å². The van der Waals surface area contributed by atoms with Gasteiger partial charge in [-0.05, 0) is 36.6 Å². The fourth-order valence-electron chi connectivity index (χ4n) is 2.02. The molecule has 1 N–H and O–H groups in total. The van der Waals surface area contributed by atoms with Gasteiger partial charge in [0.1, 0.15) is 0 Å². The summed E-state index contributed by atoms with van der Waals surface area (Å²) in [6.07, 6.45) is 4.05. The first kappa shape index (κ1) is 12.7. The molecule has 0 bridgehead atoms. The zero-order valence-electron chi connectivity index (χ0n) is 11.2. The highest BCUT2D eigenvalue weighted by atomic mass is 15.3. The number of nitrogens with one attached hydrogen (secondary N) is 1. The first-order chi connectivity index (χ1) is 8.83. The average molecular weight is 243 g/mol. The molecule has 3 nitrogen and oxygen atoms in total. The van der Waals surface area contributed by atoms with Crippen molar-refractivity contribution in [2.75, 3.05) is 5.32 Å². The molecule has 0 aliphatic carbocycles. The lowest BCUT2D eigenvalue weighted by molar-refractivity contribution is 0.578. The van der Waals surface area contributed by atoms with E-state index in [-0.39, 0.29) is 0 Å². The van der Waals surface area contributed by atoms with Gasteiger partial charge in [-0.1, -0.05) is 26.0 Å². The van der Waals surface area contributed by atoms with E-state index < -0.39 is 0 Å². The van der Waals surface area contributed by atoms with Crippen molar-refractivity contribution in [2.45, 2.75) is 39.8 Å². The average Bonchev–Trinajstić information content (AvgIpc) is 2.85. The van der Waals surface area contributed by atoms with Gasteiger partial charge in [0.15, 0.2) is 0 Å². The minimum atomic E-state index is 0.827. The summed E-state index contributed by atoms with van der Waals surface area (Å²) in [5, 5.41) is 7.79. The topological polar surface area (TPSA) is 29.9 Å². The van der Waals surface area contributed by atoms with Crippen LogP contribution in [0.25, 0.3) is 0 Å². The predicted molar refractivity (Wildman–Crippen MR) is 75.7 cm³/mol. The molecular formula is C15H21N3. The number of nitrogens with zero attached hydrogens (tertiary/aromatic N) is 2. The number of hydrogen-bond acceptors (Lipinski definition) is 2. The van der Waals surface area contributed by atoms with E-state index in [1.165, 1.54) is 16.9 Å². The Morgan fingerprint density at radius 1 is 1.22 bits per heavy atom. The third kappa shape index (κ3) is 3.13. The van der Waals surface area contributed by atoms with E-state index in [2.05, 4.69) is 59.3 Å². The summed E-state index contributed by atoms with van der Waals surface area (Å²) in [6.45, 7) is 6.16. The van der Waals surface area contributed by atoms with E-state index in [1.807, 2.05) is 6.20 Å². The van der Waals surface area contributed by atoms with Crippen LogP contribution < -0.4 is 5.32 Å². The number of benzene rings is 1. The molecule has 0 saturated heterocycles. The summed E-state index contributed by atoms with van der Waals surface area (Å²) in [4.78, 5) is 0. The summed E-state index contributed by atoms with van der Waals surface area (Å²) in [5.74, 6) is 0. The van der Waals surface area contributed by atoms with Gasteiger partial charge in [-0.2, -0.15) is 5.10 Å². The summed E-state index contributed by atoms with van der Waals surface area (Å²) in [7, 11) is 0. The molecule has 1 heterocycles. The molecule has 0 aliphatic rings. The van der Waals surface area contributed by atoms with E-state index in [0.29, 0.717) is 0 Å². The summed E-state index contributed by atoms with van der Waals surface area (Å²) in [5.41, 5.74) is 3.78. The minimum absolute atomic E-state index is 0.827. The second-order valence-electron chi connectivity index (χ2n) is 4.45. The number of aromatic nitrogens is 2. The van der Waals surface area contributed by atoms with Crippen LogP contribution in [0.1, 0.15) is 31.5 Å². The molecule has 0 spiro atoms. The predicted octanol–water partition coefficient (Wildman–Crippen LogP) is 3.47. The molecule has 0 fully saturated rings. The van der Waals surface area contributed by atoms with Crippen molar-refractivity contribution < 1.29 is 0 Å². The van der Waals surface area contributed by atoms with Crippen LogP contribution in [-0.2, 0) is 19.5 Å². The standard InChI is InChI=1S/C15H21N3/c1-3-10-18-15(8-9-17-18)12-16-14-7-5-6-13(4-2)11-14/h5-9,11,16H,3-4,10,12H2,1-2H3. The number of anilines is 1. The minimum Gasteiger partial charge on any atom is -0.379 e. The van der Waals surface area contributed by atoms with Gasteiger partial charge < -0.3 is 5.32 Å². The Bertz CT molecular complexity index is 488. The molecular weight excluding hydrogens is 222 g/mol. The van der Waals surface area contributed by atoms with Gasteiger partial charge in [0.2, 0.25) is 0 Å². The highest BCUT2D eigenvalue weighted by molar-refractivity contribution is 5.45. The van der Waals surface area contributed by atoms with Crippen LogP contribution in [0.4, 0.5) is 5.69 Å². The smallest absolute Gasteiger partial charge is 0.0575 e. The molecule has 1 aromatic heterocycles. The van der Waals surface area contributed by atoms with Crippen molar-refractivity contribution in [3.63, 3.8) is 0 Å². The van der Waals surface area contributed by atoms with Gasteiger partial charge in [0, 0.05) is 18.4 Å². The highest BCUT2D eigenvalue weighted by Gasteiger charge is 2.01. The summed E-state index contributed by atoms with van der Waals surface area (Å²) in [6, 6.07) is 10.7. The molecule has 2 aromatic rings. The lowest BCUT2D eigenvalue weighted by Gasteiger charge is -2.09. The zero-order chi connectivity index (χ0) is 12.8. The highest BCUT2D eigenvalue weighted by Crippen LogP contribution is 2.12. The molecule has 0 amide bonds. The lowest BCUT2D eigenvalue weighted by atomic mass is 10.1. The van der Waals surface area contributed by atoms with Crippen molar-refractivity contribution in [3.05, 3.63) is 47.8 Å². The molecule has 96 valence electrons. The third-order valence-corrected chi connectivity index (χ3v) is 3.05. The third-order valence-electron chi connectivity index (χ3n) is 3.05. The van der Waals surface area contributed by atoms with E-state index in [0.717, 1.165) is 25.9 Å². The van der Waals surface area contributed by atoms with Gasteiger partial charge >= 0.3 is 0 Å². The van der Waals surface area contributed by atoms with Crippen molar-refractivity contribution in [3.8, 4) is 0 Å². The van der Waals surface area contributed by atoms with Crippen molar-refractivity contribution >= 4 is 5.69 Å².